The molecule has 1 unspecified atom stereocenters. The van der Waals surface area contributed by atoms with Gasteiger partial charge in [-0.2, -0.15) is 13.2 Å². The van der Waals surface area contributed by atoms with E-state index in [0.717, 1.165) is 5.56 Å². The second-order valence-corrected chi connectivity index (χ2v) is 5.43. The van der Waals surface area contributed by atoms with Crippen molar-refractivity contribution < 1.29 is 18.0 Å². The van der Waals surface area contributed by atoms with Crippen molar-refractivity contribution in [3.05, 3.63) is 34.9 Å². The van der Waals surface area contributed by atoms with Crippen LogP contribution in [0.2, 0.25) is 5.02 Å². The molecule has 1 aromatic carbocycles. The van der Waals surface area contributed by atoms with Crippen LogP contribution in [0.25, 0.3) is 0 Å². The molecule has 1 aliphatic rings. The zero-order valence-corrected chi connectivity index (χ0v) is 12.0. The standard InChI is InChI=1S/C14H16ClF3N2O/c15-11-5-3-4-10(8-11)13-19-9-12(21)20(13)7-2-1-6-14(16,17)18/h3-5,8,13,19H,1-2,6-7,9H2. The summed E-state index contributed by atoms with van der Waals surface area (Å²) >= 11 is 5.93. The number of hydrogen-bond donors (Lipinski definition) is 1. The molecule has 1 amide bonds. The van der Waals surface area contributed by atoms with E-state index in [-0.39, 0.29) is 25.0 Å². The Morgan fingerprint density at radius 2 is 2.10 bits per heavy atom. The molecule has 1 atom stereocenters. The lowest BCUT2D eigenvalue weighted by molar-refractivity contribution is -0.136. The van der Waals surface area contributed by atoms with E-state index in [9.17, 15) is 18.0 Å². The predicted molar refractivity (Wildman–Crippen MR) is 73.8 cm³/mol. The number of amides is 1. The van der Waals surface area contributed by atoms with Crippen molar-refractivity contribution in [3.63, 3.8) is 0 Å². The monoisotopic (exact) mass is 320 g/mol. The molecular formula is C14H16ClF3N2O. The molecule has 7 heteroatoms. The zero-order chi connectivity index (χ0) is 15.5. The summed E-state index contributed by atoms with van der Waals surface area (Å²) in [5.41, 5.74) is 0.837. The van der Waals surface area contributed by atoms with E-state index < -0.39 is 12.6 Å². The lowest BCUT2D eigenvalue weighted by Gasteiger charge is -2.25. The normalized spacial score (nSPS) is 19.3. The Hall–Kier alpha value is -1.27. The highest BCUT2D eigenvalue weighted by atomic mass is 35.5. The molecule has 0 radical (unpaired) electrons. The number of rotatable bonds is 5. The van der Waals surface area contributed by atoms with Crippen LogP contribution in [0.15, 0.2) is 24.3 Å². The van der Waals surface area contributed by atoms with Gasteiger partial charge in [0.15, 0.2) is 0 Å². The Balaban J connectivity index is 1.94. The topological polar surface area (TPSA) is 32.3 Å². The van der Waals surface area contributed by atoms with Gasteiger partial charge in [0.25, 0.3) is 0 Å². The van der Waals surface area contributed by atoms with Crippen LogP contribution in [-0.2, 0) is 4.79 Å². The second-order valence-electron chi connectivity index (χ2n) is 5.00. The SMILES string of the molecule is O=C1CNC(c2cccc(Cl)c2)N1CCCCC(F)(F)F. The third kappa shape index (κ3) is 4.61. The Kier molecular flexibility index (Phi) is 5.11. The summed E-state index contributed by atoms with van der Waals surface area (Å²) in [4.78, 5) is 13.4. The van der Waals surface area contributed by atoms with E-state index in [1.807, 2.05) is 6.07 Å². The molecule has 1 fully saturated rings. The molecule has 2 rings (SSSR count). The number of nitrogens with zero attached hydrogens (tertiary/aromatic N) is 1. The highest BCUT2D eigenvalue weighted by molar-refractivity contribution is 6.30. The number of nitrogens with one attached hydrogen (secondary N) is 1. The number of hydrogen-bond acceptors (Lipinski definition) is 2. The molecule has 1 heterocycles. The number of carbonyl (C=O) groups excluding carboxylic acids is 1. The smallest absolute Gasteiger partial charge is 0.322 e. The van der Waals surface area contributed by atoms with Crippen molar-refractivity contribution in [2.45, 2.75) is 31.6 Å². The minimum Gasteiger partial charge on any atom is -0.322 e. The summed E-state index contributed by atoms with van der Waals surface area (Å²) in [6, 6.07) is 7.10. The summed E-state index contributed by atoms with van der Waals surface area (Å²) in [7, 11) is 0. The van der Waals surface area contributed by atoms with Crippen LogP contribution >= 0.6 is 11.6 Å². The lowest BCUT2D eigenvalue weighted by atomic mass is 10.1. The fraction of sp³-hybridized carbons (Fsp3) is 0.500. The van der Waals surface area contributed by atoms with Gasteiger partial charge in [0.1, 0.15) is 6.17 Å². The van der Waals surface area contributed by atoms with Crippen LogP contribution < -0.4 is 5.32 Å². The number of unbranched alkanes of at least 4 members (excludes halogenated alkanes) is 1. The van der Waals surface area contributed by atoms with Crippen LogP contribution in [0, 0.1) is 0 Å². The van der Waals surface area contributed by atoms with Crippen molar-refractivity contribution in [1.82, 2.24) is 10.2 Å². The minimum absolute atomic E-state index is 0.0234. The lowest BCUT2D eigenvalue weighted by Crippen LogP contribution is -2.31. The molecule has 0 bridgehead atoms. The Morgan fingerprint density at radius 3 is 2.76 bits per heavy atom. The predicted octanol–water partition coefficient (Wildman–Crippen LogP) is 3.50. The second kappa shape index (κ2) is 6.66. The third-order valence-electron chi connectivity index (χ3n) is 3.35. The molecule has 1 aliphatic heterocycles. The summed E-state index contributed by atoms with van der Waals surface area (Å²) in [5.74, 6) is -0.105. The first-order chi connectivity index (χ1) is 9.87. The maximum absolute atomic E-state index is 12.1. The van der Waals surface area contributed by atoms with E-state index in [1.54, 1.807) is 23.1 Å². The van der Waals surface area contributed by atoms with Gasteiger partial charge in [-0.25, -0.2) is 0 Å². The van der Waals surface area contributed by atoms with E-state index in [4.69, 9.17) is 11.6 Å². The maximum atomic E-state index is 12.1. The summed E-state index contributed by atoms with van der Waals surface area (Å²) < 4.78 is 36.3. The Labute approximate surface area is 126 Å². The van der Waals surface area contributed by atoms with Crippen molar-refractivity contribution in [3.8, 4) is 0 Å². The third-order valence-corrected chi connectivity index (χ3v) is 3.59. The van der Waals surface area contributed by atoms with Gasteiger partial charge >= 0.3 is 6.18 Å². The van der Waals surface area contributed by atoms with Gasteiger partial charge in [0, 0.05) is 18.0 Å². The largest absolute Gasteiger partial charge is 0.389 e. The van der Waals surface area contributed by atoms with Crippen LogP contribution in [0.1, 0.15) is 31.0 Å². The highest BCUT2D eigenvalue weighted by Crippen LogP contribution is 2.26. The van der Waals surface area contributed by atoms with Crippen molar-refractivity contribution >= 4 is 17.5 Å². The van der Waals surface area contributed by atoms with Crippen LogP contribution in [0.5, 0.6) is 0 Å². The molecule has 0 saturated carbocycles. The first-order valence-electron chi connectivity index (χ1n) is 6.72. The summed E-state index contributed by atoms with van der Waals surface area (Å²) in [6.07, 6.45) is -4.93. The average Bonchev–Trinajstić information content (AvgIpc) is 2.75. The van der Waals surface area contributed by atoms with Crippen LogP contribution in [0.4, 0.5) is 13.2 Å². The molecule has 21 heavy (non-hydrogen) atoms. The molecule has 1 aromatic rings. The molecule has 0 aromatic heterocycles. The first-order valence-corrected chi connectivity index (χ1v) is 7.10. The van der Waals surface area contributed by atoms with Crippen LogP contribution in [0.3, 0.4) is 0 Å². The van der Waals surface area contributed by atoms with Crippen LogP contribution in [-0.4, -0.2) is 30.1 Å². The molecular weight excluding hydrogens is 305 g/mol. The Morgan fingerprint density at radius 1 is 1.33 bits per heavy atom. The van der Waals surface area contributed by atoms with Gasteiger partial charge in [0.2, 0.25) is 5.91 Å². The van der Waals surface area contributed by atoms with Gasteiger partial charge in [0.05, 0.1) is 6.54 Å². The number of halogens is 4. The first kappa shape index (κ1) is 16.1. The minimum atomic E-state index is -4.14. The average molecular weight is 321 g/mol. The van der Waals surface area contributed by atoms with E-state index >= 15 is 0 Å². The van der Waals surface area contributed by atoms with E-state index in [0.29, 0.717) is 18.0 Å². The van der Waals surface area contributed by atoms with Gasteiger partial charge in [-0.1, -0.05) is 23.7 Å². The van der Waals surface area contributed by atoms with Crippen molar-refractivity contribution in [2.24, 2.45) is 0 Å². The van der Waals surface area contributed by atoms with E-state index in [2.05, 4.69) is 5.32 Å². The highest BCUT2D eigenvalue weighted by Gasteiger charge is 2.32. The number of carbonyl (C=O) groups is 1. The molecule has 0 aliphatic carbocycles. The number of alkyl halides is 3. The van der Waals surface area contributed by atoms with E-state index in [1.165, 1.54) is 0 Å². The fourth-order valence-electron chi connectivity index (χ4n) is 2.38. The maximum Gasteiger partial charge on any atom is 0.389 e. The van der Waals surface area contributed by atoms with Gasteiger partial charge < -0.3 is 4.90 Å². The quantitative estimate of drug-likeness (QED) is 0.842. The fourth-order valence-corrected chi connectivity index (χ4v) is 2.57. The Bertz CT molecular complexity index is 507. The molecule has 1 N–H and O–H groups in total. The number of benzene rings is 1. The summed E-state index contributed by atoms with van der Waals surface area (Å²) in [6.45, 7) is 0.496. The van der Waals surface area contributed by atoms with Crippen molar-refractivity contribution in [1.29, 1.82) is 0 Å². The molecule has 116 valence electrons. The summed E-state index contributed by atoms with van der Waals surface area (Å²) in [5, 5.41) is 3.61. The zero-order valence-electron chi connectivity index (χ0n) is 11.3. The molecule has 3 nitrogen and oxygen atoms in total. The van der Waals surface area contributed by atoms with Crippen molar-refractivity contribution in [2.75, 3.05) is 13.1 Å². The molecule has 1 saturated heterocycles. The van der Waals surface area contributed by atoms with Gasteiger partial charge in [-0.05, 0) is 30.5 Å². The van der Waals surface area contributed by atoms with Gasteiger partial charge in [-0.15, -0.1) is 0 Å². The van der Waals surface area contributed by atoms with Gasteiger partial charge in [-0.3, -0.25) is 10.1 Å². The molecule has 0 spiro atoms.